The Labute approximate surface area is 147 Å². The van der Waals surface area contributed by atoms with Crippen LogP contribution >= 0.6 is 43.2 Å². The molecule has 0 radical (unpaired) electrons. The first-order valence-corrected chi connectivity index (χ1v) is 9.87. The van der Waals surface area contributed by atoms with Crippen LogP contribution in [0.25, 0.3) is 0 Å². The van der Waals surface area contributed by atoms with Gasteiger partial charge in [-0.15, -0.1) is 11.3 Å². The van der Waals surface area contributed by atoms with E-state index < -0.39 is 0 Å². The van der Waals surface area contributed by atoms with Crippen molar-refractivity contribution >= 4 is 43.2 Å². The Morgan fingerprint density at radius 2 is 2.10 bits per heavy atom. The zero-order chi connectivity index (χ0) is 14.8. The van der Waals surface area contributed by atoms with Crippen molar-refractivity contribution in [3.8, 4) is 0 Å². The van der Waals surface area contributed by atoms with Crippen molar-refractivity contribution in [3.63, 3.8) is 0 Å². The fourth-order valence-electron chi connectivity index (χ4n) is 2.83. The maximum atomic E-state index is 3.63. The Morgan fingerprint density at radius 1 is 1.29 bits per heavy atom. The number of hydrogen-bond acceptors (Lipinski definition) is 2. The average Bonchev–Trinajstić information content (AvgIpc) is 2.74. The van der Waals surface area contributed by atoms with Gasteiger partial charge in [-0.1, -0.05) is 37.6 Å². The van der Waals surface area contributed by atoms with Gasteiger partial charge in [0.1, 0.15) is 0 Å². The van der Waals surface area contributed by atoms with E-state index in [0.717, 1.165) is 20.7 Å². The molecule has 0 bridgehead atoms. The number of rotatable bonds is 5. The first kappa shape index (κ1) is 15.7. The predicted molar refractivity (Wildman–Crippen MR) is 98.3 cm³/mol. The van der Waals surface area contributed by atoms with Crippen LogP contribution in [0.5, 0.6) is 0 Å². The molecule has 1 aromatic carbocycles. The topological polar surface area (TPSA) is 12.0 Å². The van der Waals surface area contributed by atoms with E-state index in [4.69, 9.17) is 0 Å². The Morgan fingerprint density at radius 3 is 2.67 bits per heavy atom. The Bertz CT molecular complexity index is 600. The number of thiophene rings is 1. The number of nitrogens with one attached hydrogen (secondary N) is 1. The van der Waals surface area contributed by atoms with Gasteiger partial charge in [0.05, 0.1) is 9.83 Å². The van der Waals surface area contributed by atoms with E-state index in [-0.39, 0.29) is 6.04 Å². The zero-order valence-corrected chi connectivity index (χ0v) is 16.0. The van der Waals surface area contributed by atoms with E-state index in [1.54, 1.807) is 11.3 Å². The van der Waals surface area contributed by atoms with Gasteiger partial charge in [0.25, 0.3) is 0 Å². The molecule has 112 valence electrons. The summed E-state index contributed by atoms with van der Waals surface area (Å²) in [6, 6.07) is 11.7. The minimum Gasteiger partial charge on any atom is -0.306 e. The van der Waals surface area contributed by atoms with Gasteiger partial charge in [0, 0.05) is 9.35 Å². The third-order valence-electron chi connectivity index (χ3n) is 4.18. The molecule has 1 heterocycles. The molecular formula is C17H19Br2NS. The molecule has 3 rings (SSSR count). The maximum absolute atomic E-state index is 3.63. The van der Waals surface area contributed by atoms with Crippen LogP contribution in [0, 0.1) is 0 Å². The predicted octanol–water partition coefficient (Wildman–Crippen LogP) is 6.24. The molecule has 1 unspecified atom stereocenters. The summed E-state index contributed by atoms with van der Waals surface area (Å²) in [7, 11) is 0. The minimum atomic E-state index is 0.280. The van der Waals surface area contributed by atoms with Crippen LogP contribution in [-0.2, 0) is 0 Å². The molecule has 0 spiro atoms. The molecule has 4 heteroatoms. The lowest BCUT2D eigenvalue weighted by Gasteiger charge is -2.27. The number of benzene rings is 1. The molecule has 1 aliphatic rings. The fourth-order valence-corrected chi connectivity index (χ4v) is 5.02. The lowest BCUT2D eigenvalue weighted by Crippen LogP contribution is -2.21. The van der Waals surface area contributed by atoms with Crippen molar-refractivity contribution in [2.24, 2.45) is 0 Å². The van der Waals surface area contributed by atoms with Gasteiger partial charge in [-0.05, 0) is 74.4 Å². The lowest BCUT2D eigenvalue weighted by atomic mass is 9.79. The van der Waals surface area contributed by atoms with Crippen molar-refractivity contribution in [1.29, 1.82) is 0 Å². The summed E-state index contributed by atoms with van der Waals surface area (Å²) in [5, 5.41) is 3.63. The van der Waals surface area contributed by atoms with Gasteiger partial charge in [0.2, 0.25) is 0 Å². The Kier molecular flexibility index (Phi) is 5.20. The van der Waals surface area contributed by atoms with E-state index in [1.807, 2.05) is 0 Å². The summed E-state index contributed by atoms with van der Waals surface area (Å²) in [5.41, 5.74) is 2.89. The highest BCUT2D eigenvalue weighted by Crippen LogP contribution is 2.40. The maximum Gasteiger partial charge on any atom is 0.0843 e. The van der Waals surface area contributed by atoms with Crippen molar-refractivity contribution in [1.82, 2.24) is 5.32 Å². The summed E-state index contributed by atoms with van der Waals surface area (Å²) in [6.45, 7) is 3.13. The summed E-state index contributed by atoms with van der Waals surface area (Å²) >= 11 is 9.01. The summed E-state index contributed by atoms with van der Waals surface area (Å²) in [4.78, 5) is 1.35. The molecule has 1 aromatic heterocycles. The highest BCUT2D eigenvalue weighted by atomic mass is 79.9. The van der Waals surface area contributed by atoms with E-state index >= 15 is 0 Å². The fraction of sp³-hybridized carbons (Fsp3) is 0.412. The standard InChI is InChI=1S/C17H19Br2NS/c1-2-20-16(15-10-14(18)17(19)21-15)13-8-4-7-12(9-13)11-5-3-6-11/h4,7-11,16,20H,2-3,5-6H2,1H3. The van der Waals surface area contributed by atoms with Gasteiger partial charge in [-0.25, -0.2) is 0 Å². The molecule has 0 saturated heterocycles. The highest BCUT2D eigenvalue weighted by molar-refractivity contribution is 9.13. The largest absolute Gasteiger partial charge is 0.306 e. The van der Waals surface area contributed by atoms with E-state index in [1.165, 1.54) is 35.3 Å². The van der Waals surface area contributed by atoms with Crippen LogP contribution in [-0.4, -0.2) is 6.54 Å². The molecule has 1 atom stereocenters. The van der Waals surface area contributed by atoms with Crippen LogP contribution in [0.1, 0.15) is 54.1 Å². The van der Waals surface area contributed by atoms with Crippen LogP contribution in [0.4, 0.5) is 0 Å². The van der Waals surface area contributed by atoms with Crippen LogP contribution in [0.15, 0.2) is 38.6 Å². The normalized spacial score (nSPS) is 16.7. The molecule has 1 nitrogen and oxygen atoms in total. The van der Waals surface area contributed by atoms with E-state index in [0.29, 0.717) is 0 Å². The molecule has 1 fully saturated rings. The van der Waals surface area contributed by atoms with Crippen molar-refractivity contribution in [3.05, 3.63) is 54.6 Å². The lowest BCUT2D eigenvalue weighted by molar-refractivity contribution is 0.419. The first-order chi connectivity index (χ1) is 10.2. The first-order valence-electron chi connectivity index (χ1n) is 7.47. The molecule has 0 amide bonds. The van der Waals surface area contributed by atoms with E-state index in [2.05, 4.69) is 74.4 Å². The smallest absolute Gasteiger partial charge is 0.0843 e. The monoisotopic (exact) mass is 427 g/mol. The Balaban J connectivity index is 1.92. The van der Waals surface area contributed by atoms with Gasteiger partial charge in [-0.3, -0.25) is 0 Å². The third kappa shape index (κ3) is 3.44. The number of halogens is 2. The molecule has 21 heavy (non-hydrogen) atoms. The Hall–Kier alpha value is -0.160. The van der Waals surface area contributed by atoms with Crippen molar-refractivity contribution < 1.29 is 0 Å². The average molecular weight is 429 g/mol. The van der Waals surface area contributed by atoms with Crippen molar-refractivity contribution in [2.45, 2.75) is 38.1 Å². The van der Waals surface area contributed by atoms with Crippen LogP contribution < -0.4 is 5.32 Å². The van der Waals surface area contributed by atoms with E-state index in [9.17, 15) is 0 Å². The van der Waals surface area contributed by atoms with Crippen LogP contribution in [0.2, 0.25) is 0 Å². The zero-order valence-electron chi connectivity index (χ0n) is 12.0. The highest BCUT2D eigenvalue weighted by Gasteiger charge is 2.22. The molecular weight excluding hydrogens is 410 g/mol. The summed E-state index contributed by atoms with van der Waals surface area (Å²) in [5.74, 6) is 0.786. The molecule has 1 aliphatic carbocycles. The summed E-state index contributed by atoms with van der Waals surface area (Å²) < 4.78 is 2.30. The SMILES string of the molecule is CCNC(c1cccc(C2CCC2)c1)c1cc(Br)c(Br)s1. The molecule has 2 aromatic rings. The van der Waals surface area contributed by atoms with Gasteiger partial charge in [-0.2, -0.15) is 0 Å². The second kappa shape index (κ2) is 6.95. The van der Waals surface area contributed by atoms with Gasteiger partial charge >= 0.3 is 0 Å². The minimum absolute atomic E-state index is 0.280. The molecule has 1 saturated carbocycles. The molecule has 0 aliphatic heterocycles. The third-order valence-corrected chi connectivity index (χ3v) is 7.50. The second-order valence-electron chi connectivity index (χ2n) is 5.56. The van der Waals surface area contributed by atoms with Gasteiger partial charge < -0.3 is 5.32 Å². The van der Waals surface area contributed by atoms with Crippen LogP contribution in [0.3, 0.4) is 0 Å². The summed E-state index contributed by atoms with van der Waals surface area (Å²) in [6.07, 6.45) is 4.09. The number of hydrogen-bond donors (Lipinski definition) is 1. The quantitative estimate of drug-likeness (QED) is 0.594. The van der Waals surface area contributed by atoms with Crippen molar-refractivity contribution in [2.75, 3.05) is 6.54 Å². The van der Waals surface area contributed by atoms with Gasteiger partial charge in [0.15, 0.2) is 0 Å². The molecule has 1 N–H and O–H groups in total. The second-order valence-corrected chi connectivity index (χ2v) is 8.82.